The minimum absolute atomic E-state index is 0.0578. The number of aliphatic hydroxyl groups excluding tert-OH is 1. The van der Waals surface area contributed by atoms with Crippen LogP contribution in [0.2, 0.25) is 0 Å². The summed E-state index contributed by atoms with van der Waals surface area (Å²) in [5.74, 6) is 0.0660. The summed E-state index contributed by atoms with van der Waals surface area (Å²) < 4.78 is 25.4. The van der Waals surface area contributed by atoms with Gasteiger partial charge < -0.3 is 5.11 Å². The number of rotatable bonds is 5. The summed E-state index contributed by atoms with van der Waals surface area (Å²) >= 11 is 0. The van der Waals surface area contributed by atoms with Gasteiger partial charge in [0.15, 0.2) is 0 Å². The smallest absolute Gasteiger partial charge is 0.214 e. The molecule has 1 aliphatic carbocycles. The highest BCUT2D eigenvalue weighted by Crippen LogP contribution is 2.23. The van der Waals surface area contributed by atoms with Gasteiger partial charge in [-0.05, 0) is 19.3 Å². The van der Waals surface area contributed by atoms with Crippen LogP contribution in [-0.2, 0) is 10.0 Å². The fourth-order valence-corrected chi connectivity index (χ4v) is 3.69. The van der Waals surface area contributed by atoms with Gasteiger partial charge in [0.1, 0.15) is 0 Å². The maximum absolute atomic E-state index is 11.9. The second-order valence-electron chi connectivity index (χ2n) is 4.55. The van der Waals surface area contributed by atoms with Crippen LogP contribution in [0.4, 0.5) is 0 Å². The molecule has 1 rings (SSSR count). The predicted molar refractivity (Wildman–Crippen MR) is 64.7 cm³/mol. The van der Waals surface area contributed by atoms with Crippen molar-refractivity contribution in [3.05, 3.63) is 0 Å². The molecule has 0 aliphatic heterocycles. The number of sulfonamides is 1. The van der Waals surface area contributed by atoms with Crippen molar-refractivity contribution in [2.75, 3.05) is 19.4 Å². The Hall–Kier alpha value is -0.130. The highest BCUT2D eigenvalue weighted by Gasteiger charge is 2.26. The number of nitrogens with zero attached hydrogens (tertiary/aromatic N) is 1. The van der Waals surface area contributed by atoms with E-state index in [-0.39, 0.29) is 18.4 Å². The molecule has 1 saturated carbocycles. The van der Waals surface area contributed by atoms with Gasteiger partial charge in [0, 0.05) is 19.7 Å². The molecular weight excluding hydrogens is 226 g/mol. The van der Waals surface area contributed by atoms with Crippen LogP contribution in [0.1, 0.15) is 44.9 Å². The van der Waals surface area contributed by atoms with E-state index in [0.29, 0.717) is 6.42 Å². The Morgan fingerprint density at radius 1 is 1.19 bits per heavy atom. The third-order valence-electron chi connectivity index (χ3n) is 3.34. The highest BCUT2D eigenvalue weighted by atomic mass is 32.2. The van der Waals surface area contributed by atoms with E-state index >= 15 is 0 Å². The predicted octanol–water partition coefficient (Wildman–Crippen LogP) is 1.35. The molecule has 0 heterocycles. The van der Waals surface area contributed by atoms with Crippen molar-refractivity contribution in [1.29, 1.82) is 0 Å². The second kappa shape index (κ2) is 6.57. The molecular formula is C11H23NO3S. The van der Waals surface area contributed by atoms with Gasteiger partial charge in [0.25, 0.3) is 0 Å². The number of hydrogen-bond donors (Lipinski definition) is 1. The molecule has 5 heteroatoms. The van der Waals surface area contributed by atoms with Gasteiger partial charge in [0.2, 0.25) is 10.0 Å². The quantitative estimate of drug-likeness (QED) is 0.748. The van der Waals surface area contributed by atoms with Gasteiger partial charge in [-0.25, -0.2) is 12.7 Å². The van der Waals surface area contributed by atoms with Gasteiger partial charge in [-0.3, -0.25) is 0 Å². The molecule has 0 spiro atoms. The minimum Gasteiger partial charge on any atom is -0.396 e. The van der Waals surface area contributed by atoms with E-state index in [1.807, 2.05) is 0 Å². The molecule has 0 aromatic heterocycles. The van der Waals surface area contributed by atoms with Crippen molar-refractivity contribution >= 4 is 10.0 Å². The fourth-order valence-electron chi connectivity index (χ4n) is 2.24. The van der Waals surface area contributed by atoms with E-state index in [4.69, 9.17) is 5.11 Å². The lowest BCUT2D eigenvalue weighted by Gasteiger charge is -2.26. The van der Waals surface area contributed by atoms with Gasteiger partial charge in [0.05, 0.1) is 5.75 Å². The zero-order valence-corrected chi connectivity index (χ0v) is 10.9. The monoisotopic (exact) mass is 249 g/mol. The van der Waals surface area contributed by atoms with Crippen LogP contribution in [0.5, 0.6) is 0 Å². The molecule has 0 aromatic rings. The molecule has 0 unspecified atom stereocenters. The van der Waals surface area contributed by atoms with Crippen LogP contribution in [0.3, 0.4) is 0 Å². The van der Waals surface area contributed by atoms with Crippen molar-refractivity contribution in [1.82, 2.24) is 4.31 Å². The Kier molecular flexibility index (Phi) is 5.72. The molecule has 0 atom stereocenters. The van der Waals surface area contributed by atoms with E-state index in [0.717, 1.165) is 25.7 Å². The minimum atomic E-state index is -3.16. The molecule has 1 aliphatic rings. The topological polar surface area (TPSA) is 57.6 Å². The van der Waals surface area contributed by atoms with Crippen LogP contribution in [0.15, 0.2) is 0 Å². The van der Waals surface area contributed by atoms with Gasteiger partial charge >= 0.3 is 0 Å². The van der Waals surface area contributed by atoms with E-state index in [1.165, 1.54) is 17.1 Å². The molecule has 0 amide bonds. The summed E-state index contributed by atoms with van der Waals surface area (Å²) in [6, 6.07) is 0.172. The first kappa shape index (κ1) is 13.9. The Bertz CT molecular complexity index is 282. The van der Waals surface area contributed by atoms with Crippen LogP contribution >= 0.6 is 0 Å². The third kappa shape index (κ3) is 4.03. The van der Waals surface area contributed by atoms with Crippen LogP contribution < -0.4 is 0 Å². The van der Waals surface area contributed by atoms with E-state index in [9.17, 15) is 8.42 Å². The number of aliphatic hydroxyl groups is 1. The van der Waals surface area contributed by atoms with Gasteiger partial charge in [-0.1, -0.05) is 25.7 Å². The maximum atomic E-state index is 11.9. The standard InChI is InChI=1S/C11H23NO3S/c1-12(16(14,15)10-6-9-13)11-7-4-2-3-5-8-11/h11,13H,2-10H2,1H3. The fraction of sp³-hybridized carbons (Fsp3) is 1.00. The lowest BCUT2D eigenvalue weighted by Crippen LogP contribution is -2.38. The molecule has 0 aromatic carbocycles. The first-order chi connectivity index (χ1) is 7.58. The summed E-state index contributed by atoms with van der Waals surface area (Å²) in [6.07, 6.45) is 7.00. The third-order valence-corrected chi connectivity index (χ3v) is 5.32. The van der Waals surface area contributed by atoms with Crippen molar-refractivity contribution in [3.8, 4) is 0 Å². The first-order valence-electron chi connectivity index (χ1n) is 6.14. The lowest BCUT2D eigenvalue weighted by molar-refractivity contribution is 0.291. The summed E-state index contributed by atoms with van der Waals surface area (Å²) in [4.78, 5) is 0. The van der Waals surface area contributed by atoms with Crippen molar-refractivity contribution in [2.24, 2.45) is 0 Å². The summed E-state index contributed by atoms with van der Waals surface area (Å²) in [5.41, 5.74) is 0. The normalized spacial score (nSPS) is 19.9. The Balaban J connectivity index is 2.56. The summed E-state index contributed by atoms with van der Waals surface area (Å²) in [5, 5.41) is 8.68. The molecule has 0 bridgehead atoms. The zero-order valence-electron chi connectivity index (χ0n) is 10.1. The molecule has 0 radical (unpaired) electrons. The van der Waals surface area contributed by atoms with E-state index < -0.39 is 10.0 Å². The van der Waals surface area contributed by atoms with E-state index in [2.05, 4.69) is 0 Å². The Morgan fingerprint density at radius 2 is 1.75 bits per heavy atom. The molecule has 96 valence electrons. The van der Waals surface area contributed by atoms with Gasteiger partial charge in [-0.2, -0.15) is 0 Å². The summed E-state index contributed by atoms with van der Waals surface area (Å²) in [7, 11) is -1.48. The highest BCUT2D eigenvalue weighted by molar-refractivity contribution is 7.89. The maximum Gasteiger partial charge on any atom is 0.214 e. The molecule has 16 heavy (non-hydrogen) atoms. The second-order valence-corrected chi connectivity index (χ2v) is 6.70. The van der Waals surface area contributed by atoms with Crippen LogP contribution in [0.25, 0.3) is 0 Å². The van der Waals surface area contributed by atoms with Crippen LogP contribution in [-0.4, -0.2) is 43.3 Å². The molecule has 1 fully saturated rings. The average Bonchev–Trinajstić information content (AvgIpc) is 2.53. The Labute approximate surface area is 98.7 Å². The van der Waals surface area contributed by atoms with E-state index in [1.54, 1.807) is 7.05 Å². The average molecular weight is 249 g/mol. The molecule has 0 saturated heterocycles. The van der Waals surface area contributed by atoms with Crippen molar-refractivity contribution in [2.45, 2.75) is 51.0 Å². The molecule has 1 N–H and O–H groups in total. The largest absolute Gasteiger partial charge is 0.396 e. The summed E-state index contributed by atoms with van der Waals surface area (Å²) in [6.45, 7) is -0.0578. The SMILES string of the molecule is CN(C1CCCCCC1)S(=O)(=O)CCCO. The van der Waals surface area contributed by atoms with Crippen molar-refractivity contribution < 1.29 is 13.5 Å². The molecule has 4 nitrogen and oxygen atoms in total. The zero-order chi connectivity index (χ0) is 12.0. The lowest BCUT2D eigenvalue weighted by atomic mass is 10.1. The first-order valence-corrected chi connectivity index (χ1v) is 7.75. The number of hydrogen-bond acceptors (Lipinski definition) is 3. The van der Waals surface area contributed by atoms with Gasteiger partial charge in [-0.15, -0.1) is 0 Å². The van der Waals surface area contributed by atoms with Crippen LogP contribution in [0, 0.1) is 0 Å². The van der Waals surface area contributed by atoms with Crippen molar-refractivity contribution in [3.63, 3.8) is 0 Å². The Morgan fingerprint density at radius 3 is 2.25 bits per heavy atom.